The highest BCUT2D eigenvalue weighted by Gasteiger charge is 2.48. The molecule has 2 fully saturated rings. The van der Waals surface area contributed by atoms with Crippen LogP contribution in [0.3, 0.4) is 0 Å². The molecule has 1 aliphatic heterocycles. The standard InChI is InChI=1S/C14H19NO5/c1-2-12(17)20-8-9(16)7-15-13(18)10-5-3-4-6-11(10)14(15)19/h2,9-11,16H,1,3-8H2. The molecule has 1 saturated carbocycles. The quantitative estimate of drug-likeness (QED) is 0.444. The van der Waals surface area contributed by atoms with Crippen molar-refractivity contribution in [3.05, 3.63) is 12.7 Å². The first-order valence-corrected chi connectivity index (χ1v) is 6.87. The number of aliphatic hydroxyl groups is 1. The number of fused-ring (bicyclic) bond motifs is 1. The van der Waals surface area contributed by atoms with Gasteiger partial charge in [-0.3, -0.25) is 14.5 Å². The van der Waals surface area contributed by atoms with Crippen molar-refractivity contribution in [2.75, 3.05) is 13.2 Å². The van der Waals surface area contributed by atoms with Gasteiger partial charge in [-0.25, -0.2) is 4.79 Å². The molecule has 0 radical (unpaired) electrons. The van der Waals surface area contributed by atoms with Crippen LogP contribution in [0.2, 0.25) is 0 Å². The Morgan fingerprint density at radius 3 is 2.40 bits per heavy atom. The zero-order chi connectivity index (χ0) is 14.7. The number of hydrogen-bond donors (Lipinski definition) is 1. The van der Waals surface area contributed by atoms with E-state index >= 15 is 0 Å². The number of likely N-dealkylation sites (tertiary alicyclic amines) is 1. The number of hydrogen-bond acceptors (Lipinski definition) is 5. The minimum Gasteiger partial charge on any atom is -0.460 e. The number of aliphatic hydroxyl groups excluding tert-OH is 1. The second-order valence-corrected chi connectivity index (χ2v) is 5.27. The molecule has 0 aromatic carbocycles. The normalized spacial score (nSPS) is 27.1. The lowest BCUT2D eigenvalue weighted by Gasteiger charge is -2.19. The van der Waals surface area contributed by atoms with E-state index in [-0.39, 0.29) is 36.8 Å². The summed E-state index contributed by atoms with van der Waals surface area (Å²) in [7, 11) is 0. The summed E-state index contributed by atoms with van der Waals surface area (Å²) >= 11 is 0. The molecule has 0 aromatic heterocycles. The molecule has 1 N–H and O–H groups in total. The van der Waals surface area contributed by atoms with Crippen LogP contribution in [0.5, 0.6) is 0 Å². The lowest BCUT2D eigenvalue weighted by atomic mass is 9.81. The van der Waals surface area contributed by atoms with E-state index in [1.807, 2.05) is 0 Å². The lowest BCUT2D eigenvalue weighted by molar-refractivity contribution is -0.144. The zero-order valence-electron chi connectivity index (χ0n) is 11.3. The third-order valence-electron chi connectivity index (χ3n) is 3.91. The van der Waals surface area contributed by atoms with Crippen LogP contribution in [0, 0.1) is 11.8 Å². The van der Waals surface area contributed by atoms with Crippen molar-refractivity contribution in [3.63, 3.8) is 0 Å². The van der Waals surface area contributed by atoms with Gasteiger partial charge in [0.1, 0.15) is 12.7 Å². The molecule has 2 amide bonds. The smallest absolute Gasteiger partial charge is 0.330 e. The van der Waals surface area contributed by atoms with Crippen molar-refractivity contribution in [2.45, 2.75) is 31.8 Å². The minimum atomic E-state index is -1.06. The fourth-order valence-electron chi connectivity index (χ4n) is 2.91. The highest BCUT2D eigenvalue weighted by Crippen LogP contribution is 2.37. The molecule has 1 heterocycles. The molecular weight excluding hydrogens is 262 g/mol. The Morgan fingerprint density at radius 2 is 1.90 bits per heavy atom. The Balaban J connectivity index is 1.92. The molecule has 0 spiro atoms. The highest BCUT2D eigenvalue weighted by molar-refractivity contribution is 6.05. The molecule has 2 aliphatic rings. The van der Waals surface area contributed by atoms with E-state index < -0.39 is 12.1 Å². The van der Waals surface area contributed by atoms with Crippen molar-refractivity contribution in [3.8, 4) is 0 Å². The average Bonchev–Trinajstić information content (AvgIpc) is 2.70. The summed E-state index contributed by atoms with van der Waals surface area (Å²) in [6.45, 7) is 2.87. The molecule has 0 bridgehead atoms. The van der Waals surface area contributed by atoms with Gasteiger partial charge in [-0.1, -0.05) is 19.4 Å². The van der Waals surface area contributed by atoms with Crippen LogP contribution in [0.4, 0.5) is 0 Å². The van der Waals surface area contributed by atoms with Gasteiger partial charge in [-0.2, -0.15) is 0 Å². The Kier molecular flexibility index (Phi) is 4.54. The second-order valence-electron chi connectivity index (χ2n) is 5.27. The zero-order valence-corrected chi connectivity index (χ0v) is 11.3. The number of ether oxygens (including phenoxy) is 1. The lowest BCUT2D eigenvalue weighted by Crippen LogP contribution is -2.39. The predicted molar refractivity (Wildman–Crippen MR) is 69.3 cm³/mol. The number of imide groups is 1. The Bertz CT molecular complexity index is 409. The summed E-state index contributed by atoms with van der Waals surface area (Å²) < 4.78 is 4.70. The van der Waals surface area contributed by atoms with Gasteiger partial charge in [0.05, 0.1) is 18.4 Å². The third-order valence-corrected chi connectivity index (χ3v) is 3.91. The Morgan fingerprint density at radius 1 is 1.35 bits per heavy atom. The SMILES string of the molecule is C=CC(=O)OCC(O)CN1C(=O)C2CCCCC2C1=O. The molecule has 0 aromatic rings. The first kappa shape index (κ1) is 14.7. The number of rotatable bonds is 5. The van der Waals surface area contributed by atoms with Crippen molar-refractivity contribution in [1.82, 2.24) is 4.90 Å². The largest absolute Gasteiger partial charge is 0.460 e. The minimum absolute atomic E-state index is 0.116. The van der Waals surface area contributed by atoms with Gasteiger partial charge in [-0.05, 0) is 12.8 Å². The second kappa shape index (κ2) is 6.17. The summed E-state index contributed by atoms with van der Waals surface area (Å²) in [6, 6.07) is 0. The molecule has 1 aliphatic carbocycles. The fraction of sp³-hybridized carbons (Fsp3) is 0.643. The molecule has 6 nitrogen and oxygen atoms in total. The van der Waals surface area contributed by atoms with Gasteiger partial charge in [0.15, 0.2) is 0 Å². The molecule has 3 atom stereocenters. The van der Waals surface area contributed by atoms with Crippen LogP contribution < -0.4 is 0 Å². The average molecular weight is 281 g/mol. The Labute approximate surface area is 117 Å². The fourth-order valence-corrected chi connectivity index (χ4v) is 2.91. The molecule has 1 saturated heterocycles. The number of amides is 2. The van der Waals surface area contributed by atoms with E-state index in [0.29, 0.717) is 0 Å². The van der Waals surface area contributed by atoms with E-state index in [2.05, 4.69) is 6.58 Å². The van der Waals surface area contributed by atoms with Crippen molar-refractivity contribution < 1.29 is 24.2 Å². The van der Waals surface area contributed by atoms with Crippen molar-refractivity contribution in [1.29, 1.82) is 0 Å². The maximum absolute atomic E-state index is 12.2. The third kappa shape index (κ3) is 2.90. The van der Waals surface area contributed by atoms with Crippen LogP contribution in [0.25, 0.3) is 0 Å². The summed E-state index contributed by atoms with van der Waals surface area (Å²) in [5.74, 6) is -1.49. The van der Waals surface area contributed by atoms with Gasteiger partial charge in [0.25, 0.3) is 0 Å². The van der Waals surface area contributed by atoms with E-state index in [9.17, 15) is 19.5 Å². The number of β-amino-alcohol motifs (C(OH)–C–C–N with tert-alkyl or cyclic N) is 1. The molecule has 3 unspecified atom stereocenters. The summed E-state index contributed by atoms with van der Waals surface area (Å²) in [6.07, 6.45) is 3.35. The number of carbonyl (C=O) groups excluding carboxylic acids is 3. The first-order chi connectivity index (χ1) is 9.54. The molecular formula is C14H19NO5. The summed E-state index contributed by atoms with van der Waals surface area (Å²) in [5.41, 5.74) is 0. The first-order valence-electron chi connectivity index (χ1n) is 6.87. The molecule has 20 heavy (non-hydrogen) atoms. The van der Waals surface area contributed by atoms with Crippen LogP contribution in [-0.2, 0) is 19.1 Å². The predicted octanol–water partition coefficient (Wildman–Crippen LogP) is 0.252. The van der Waals surface area contributed by atoms with E-state index in [0.717, 1.165) is 36.7 Å². The van der Waals surface area contributed by atoms with E-state index in [4.69, 9.17) is 4.74 Å². The Hall–Kier alpha value is -1.69. The monoisotopic (exact) mass is 281 g/mol. The topological polar surface area (TPSA) is 83.9 Å². The maximum atomic E-state index is 12.2. The van der Waals surface area contributed by atoms with Crippen LogP contribution in [0.1, 0.15) is 25.7 Å². The molecule has 110 valence electrons. The van der Waals surface area contributed by atoms with Gasteiger partial charge >= 0.3 is 5.97 Å². The highest BCUT2D eigenvalue weighted by atomic mass is 16.5. The number of nitrogens with zero attached hydrogens (tertiary/aromatic N) is 1. The van der Waals surface area contributed by atoms with Gasteiger partial charge in [0.2, 0.25) is 11.8 Å². The van der Waals surface area contributed by atoms with Crippen LogP contribution in [-0.4, -0.2) is 47.0 Å². The van der Waals surface area contributed by atoms with Gasteiger partial charge in [0, 0.05) is 6.08 Å². The van der Waals surface area contributed by atoms with E-state index in [1.165, 1.54) is 0 Å². The summed E-state index contributed by atoms with van der Waals surface area (Å²) in [5, 5.41) is 9.77. The van der Waals surface area contributed by atoms with Crippen molar-refractivity contribution >= 4 is 17.8 Å². The molecule has 2 rings (SSSR count). The number of esters is 1. The van der Waals surface area contributed by atoms with E-state index in [1.54, 1.807) is 0 Å². The maximum Gasteiger partial charge on any atom is 0.330 e. The van der Waals surface area contributed by atoms with Crippen LogP contribution in [0.15, 0.2) is 12.7 Å². The van der Waals surface area contributed by atoms with Gasteiger partial charge in [-0.15, -0.1) is 0 Å². The van der Waals surface area contributed by atoms with Gasteiger partial charge < -0.3 is 9.84 Å². The van der Waals surface area contributed by atoms with Crippen molar-refractivity contribution in [2.24, 2.45) is 11.8 Å². The number of carbonyl (C=O) groups is 3. The molecule has 6 heteroatoms. The summed E-state index contributed by atoms with van der Waals surface area (Å²) in [4.78, 5) is 36.3. The van der Waals surface area contributed by atoms with Crippen LogP contribution >= 0.6 is 0 Å².